The summed E-state index contributed by atoms with van der Waals surface area (Å²) in [6, 6.07) is 10.6. The lowest BCUT2D eigenvalue weighted by atomic mass is 10.1. The molecule has 0 amide bonds. The van der Waals surface area contributed by atoms with Gasteiger partial charge in [0.15, 0.2) is 0 Å². The largest absolute Gasteiger partial charge is 0.492 e. The van der Waals surface area contributed by atoms with Crippen molar-refractivity contribution in [1.29, 1.82) is 0 Å². The van der Waals surface area contributed by atoms with Gasteiger partial charge in [-0.15, -0.1) is 0 Å². The number of rotatable bonds is 4. The number of halogens is 1. The highest BCUT2D eigenvalue weighted by atomic mass is 35.5. The van der Waals surface area contributed by atoms with Gasteiger partial charge in [0.1, 0.15) is 10.6 Å². The van der Waals surface area contributed by atoms with Gasteiger partial charge >= 0.3 is 0 Å². The number of sulfonamides is 1. The molecule has 3 rings (SSSR count). The van der Waals surface area contributed by atoms with E-state index < -0.39 is 10.0 Å². The lowest BCUT2D eigenvalue weighted by Crippen LogP contribution is -2.36. The van der Waals surface area contributed by atoms with Crippen LogP contribution in [0.25, 0.3) is 0 Å². The average Bonchev–Trinajstić information content (AvgIpc) is 2.87. The van der Waals surface area contributed by atoms with E-state index in [0.717, 1.165) is 16.8 Å². The van der Waals surface area contributed by atoms with Crippen LogP contribution in [0.2, 0.25) is 5.02 Å². The number of ether oxygens (including phenoxy) is 1. The second kappa shape index (κ2) is 6.30. The Hall–Kier alpha value is -1.72. The topological polar surface area (TPSA) is 46.6 Å². The zero-order valence-corrected chi connectivity index (χ0v) is 15.5. The highest BCUT2D eigenvalue weighted by Gasteiger charge is 2.37. The van der Waals surface area contributed by atoms with E-state index >= 15 is 0 Å². The molecule has 1 atom stereocenters. The van der Waals surface area contributed by atoms with Gasteiger partial charge in [-0.3, -0.25) is 4.31 Å². The van der Waals surface area contributed by atoms with Gasteiger partial charge < -0.3 is 4.74 Å². The summed E-state index contributed by atoms with van der Waals surface area (Å²) in [7, 11) is -3.77. The predicted molar refractivity (Wildman–Crippen MR) is 96.6 cm³/mol. The third kappa shape index (κ3) is 2.76. The number of hydrogen-bond acceptors (Lipinski definition) is 3. The molecule has 0 aliphatic carbocycles. The Labute approximate surface area is 148 Å². The molecule has 0 unspecified atom stereocenters. The lowest BCUT2D eigenvalue weighted by molar-refractivity contribution is 0.331. The van der Waals surface area contributed by atoms with Gasteiger partial charge in [-0.05, 0) is 56.5 Å². The fraction of sp³-hybridized carbons (Fsp3) is 0.333. The fourth-order valence-electron chi connectivity index (χ4n) is 3.12. The number of hydrogen-bond donors (Lipinski definition) is 0. The van der Waals surface area contributed by atoms with Crippen LogP contribution in [0.5, 0.6) is 5.75 Å². The monoisotopic (exact) mass is 365 g/mol. The zero-order valence-electron chi connectivity index (χ0n) is 13.9. The molecule has 1 heterocycles. The van der Waals surface area contributed by atoms with Crippen molar-refractivity contribution in [2.75, 3.05) is 10.9 Å². The van der Waals surface area contributed by atoms with Crippen molar-refractivity contribution in [2.45, 2.75) is 38.1 Å². The fourth-order valence-corrected chi connectivity index (χ4v) is 5.18. The van der Waals surface area contributed by atoms with Crippen molar-refractivity contribution in [3.05, 3.63) is 52.5 Å². The van der Waals surface area contributed by atoms with E-state index in [2.05, 4.69) is 0 Å². The van der Waals surface area contributed by atoms with Crippen LogP contribution in [0, 0.1) is 6.92 Å². The quantitative estimate of drug-likeness (QED) is 0.816. The molecular formula is C18H20ClNO3S. The van der Waals surface area contributed by atoms with E-state index in [1.807, 2.05) is 45.0 Å². The summed E-state index contributed by atoms with van der Waals surface area (Å²) in [6.45, 7) is 5.95. The minimum Gasteiger partial charge on any atom is -0.492 e. The molecule has 2 aromatic rings. The molecule has 0 saturated carbocycles. The number of anilines is 1. The molecule has 2 aromatic carbocycles. The summed E-state index contributed by atoms with van der Waals surface area (Å²) in [5, 5.41) is 0.414. The molecule has 0 radical (unpaired) electrons. The molecular weight excluding hydrogens is 346 g/mol. The van der Waals surface area contributed by atoms with Gasteiger partial charge in [0.05, 0.1) is 12.3 Å². The van der Waals surface area contributed by atoms with Crippen LogP contribution in [0.3, 0.4) is 0 Å². The van der Waals surface area contributed by atoms with Crippen molar-refractivity contribution in [3.63, 3.8) is 0 Å². The summed E-state index contributed by atoms with van der Waals surface area (Å²) in [5.74, 6) is 0.344. The summed E-state index contributed by atoms with van der Waals surface area (Å²) in [5.41, 5.74) is 2.54. The van der Waals surface area contributed by atoms with Crippen molar-refractivity contribution < 1.29 is 13.2 Å². The third-order valence-corrected chi connectivity index (χ3v) is 6.56. The summed E-state index contributed by atoms with van der Waals surface area (Å²) in [6.07, 6.45) is 0.693. The Balaban J connectivity index is 2.17. The first kappa shape index (κ1) is 17.1. The number of para-hydroxylation sites is 1. The second-order valence-corrected chi connectivity index (χ2v) is 8.15. The summed E-state index contributed by atoms with van der Waals surface area (Å²) < 4.78 is 33.8. The van der Waals surface area contributed by atoms with Gasteiger partial charge in [0.25, 0.3) is 10.0 Å². The van der Waals surface area contributed by atoms with Crippen LogP contribution in [0.15, 0.2) is 41.3 Å². The zero-order chi connectivity index (χ0) is 17.5. The Bertz CT molecular complexity index is 880. The highest BCUT2D eigenvalue weighted by Crippen LogP contribution is 2.40. The van der Waals surface area contributed by atoms with Crippen LogP contribution >= 0.6 is 11.6 Å². The molecule has 1 aliphatic heterocycles. The van der Waals surface area contributed by atoms with Gasteiger partial charge in [-0.1, -0.05) is 29.8 Å². The van der Waals surface area contributed by atoms with Crippen LogP contribution in [0.1, 0.15) is 25.0 Å². The molecule has 4 nitrogen and oxygen atoms in total. The Morgan fingerprint density at radius 1 is 1.29 bits per heavy atom. The van der Waals surface area contributed by atoms with Crippen molar-refractivity contribution >= 4 is 27.3 Å². The third-order valence-electron chi connectivity index (χ3n) is 4.21. The van der Waals surface area contributed by atoms with Gasteiger partial charge in [-0.2, -0.15) is 0 Å². The van der Waals surface area contributed by atoms with Crippen molar-refractivity contribution in [3.8, 4) is 5.75 Å². The Kier molecular flexibility index (Phi) is 4.49. The Morgan fingerprint density at radius 2 is 2.00 bits per heavy atom. The first-order chi connectivity index (χ1) is 11.4. The van der Waals surface area contributed by atoms with E-state index in [4.69, 9.17) is 16.3 Å². The minimum absolute atomic E-state index is 0.114. The predicted octanol–water partition coefficient (Wildman–Crippen LogP) is 4.19. The van der Waals surface area contributed by atoms with Crippen LogP contribution in [0.4, 0.5) is 5.69 Å². The Morgan fingerprint density at radius 3 is 2.71 bits per heavy atom. The molecule has 24 heavy (non-hydrogen) atoms. The van der Waals surface area contributed by atoms with Crippen LogP contribution in [-0.2, 0) is 16.4 Å². The number of benzene rings is 2. The molecule has 0 spiro atoms. The van der Waals surface area contributed by atoms with Gasteiger partial charge in [0, 0.05) is 11.1 Å². The lowest BCUT2D eigenvalue weighted by Gasteiger charge is -2.26. The van der Waals surface area contributed by atoms with E-state index in [9.17, 15) is 8.42 Å². The van der Waals surface area contributed by atoms with Gasteiger partial charge in [0.2, 0.25) is 0 Å². The normalized spacial score (nSPS) is 17.0. The van der Waals surface area contributed by atoms with E-state index in [0.29, 0.717) is 23.8 Å². The molecule has 0 fully saturated rings. The molecule has 1 aliphatic rings. The first-order valence-electron chi connectivity index (χ1n) is 7.91. The average molecular weight is 366 g/mol. The molecule has 0 saturated heterocycles. The van der Waals surface area contributed by atoms with Crippen molar-refractivity contribution in [1.82, 2.24) is 0 Å². The molecule has 0 bridgehead atoms. The maximum Gasteiger partial charge on any atom is 0.268 e. The molecule has 0 aromatic heterocycles. The second-order valence-electron chi connectivity index (χ2n) is 5.96. The summed E-state index contributed by atoms with van der Waals surface area (Å²) in [4.78, 5) is 0.114. The smallest absolute Gasteiger partial charge is 0.268 e. The molecule has 128 valence electrons. The maximum atomic E-state index is 13.4. The van der Waals surface area contributed by atoms with Crippen molar-refractivity contribution in [2.24, 2.45) is 0 Å². The van der Waals surface area contributed by atoms with Crippen LogP contribution in [-0.4, -0.2) is 21.1 Å². The first-order valence-corrected chi connectivity index (χ1v) is 9.73. The number of nitrogens with zero attached hydrogens (tertiary/aromatic N) is 1. The van der Waals surface area contributed by atoms with E-state index in [1.165, 1.54) is 10.4 Å². The number of fused-ring (bicyclic) bond motifs is 1. The van der Waals surface area contributed by atoms with Gasteiger partial charge in [-0.25, -0.2) is 8.42 Å². The highest BCUT2D eigenvalue weighted by molar-refractivity contribution is 7.93. The molecule has 0 N–H and O–H groups in total. The van der Waals surface area contributed by atoms with E-state index in [-0.39, 0.29) is 10.9 Å². The number of aryl methyl sites for hydroxylation is 1. The summed E-state index contributed by atoms with van der Waals surface area (Å²) >= 11 is 6.20. The van der Waals surface area contributed by atoms with E-state index in [1.54, 1.807) is 6.07 Å². The molecule has 6 heteroatoms. The minimum atomic E-state index is -3.77. The SMILES string of the molecule is CCOc1cc(C)c(Cl)cc1S(=O)(=O)N1c2ccccc2C[C@H]1C. The van der Waals surface area contributed by atoms with Crippen LogP contribution < -0.4 is 9.04 Å². The maximum absolute atomic E-state index is 13.4. The standard InChI is InChI=1S/C18H20ClNO3S/c1-4-23-17-9-12(2)15(19)11-18(17)24(21,22)20-13(3)10-14-7-5-6-8-16(14)20/h5-9,11,13H,4,10H2,1-3H3/t13-/m1/s1.